The van der Waals surface area contributed by atoms with Crippen LogP contribution >= 0.6 is 39.3 Å². The van der Waals surface area contributed by atoms with Crippen molar-refractivity contribution in [2.45, 2.75) is 11.8 Å². The molecule has 0 aliphatic carbocycles. The molecule has 0 atom stereocenters. The first kappa shape index (κ1) is 9.43. The Morgan fingerprint density at radius 2 is 2.27 bits per heavy atom. The van der Waals surface area contributed by atoms with Crippen LogP contribution in [0.25, 0.3) is 0 Å². The normalized spacial score (nSPS) is 10.1. The highest BCUT2D eigenvalue weighted by Crippen LogP contribution is 2.32. The van der Waals surface area contributed by atoms with Crippen LogP contribution in [0.15, 0.2) is 27.6 Å². The Balaban J connectivity index is 2.96. The summed E-state index contributed by atoms with van der Waals surface area (Å²) in [6, 6.07) is 5.90. The summed E-state index contributed by atoms with van der Waals surface area (Å²) in [6.07, 6.45) is 0. The molecule has 0 spiro atoms. The summed E-state index contributed by atoms with van der Waals surface area (Å²) in [5.41, 5.74) is 0. The number of halogens is 2. The van der Waals surface area contributed by atoms with Gasteiger partial charge in [-0.05, 0) is 33.8 Å². The van der Waals surface area contributed by atoms with Crippen LogP contribution in [-0.4, -0.2) is 5.75 Å². The van der Waals surface area contributed by atoms with Crippen molar-refractivity contribution >= 4 is 39.3 Å². The Kier molecular flexibility index (Phi) is 3.76. The molecule has 0 unspecified atom stereocenters. The molecule has 0 amide bonds. The monoisotopic (exact) mass is 250 g/mol. The van der Waals surface area contributed by atoms with E-state index in [1.165, 1.54) is 4.90 Å². The lowest BCUT2D eigenvalue weighted by Crippen LogP contribution is -1.76. The maximum Gasteiger partial charge on any atom is 0.0559 e. The zero-order valence-electron chi connectivity index (χ0n) is 6.10. The summed E-state index contributed by atoms with van der Waals surface area (Å²) in [4.78, 5) is 1.21. The van der Waals surface area contributed by atoms with Crippen LogP contribution < -0.4 is 0 Å². The average molecular weight is 252 g/mol. The zero-order valence-corrected chi connectivity index (χ0v) is 9.26. The quantitative estimate of drug-likeness (QED) is 0.710. The summed E-state index contributed by atoms with van der Waals surface area (Å²) in [5, 5.41) is 0.781. The van der Waals surface area contributed by atoms with Crippen molar-refractivity contribution < 1.29 is 0 Å². The molecule has 0 saturated heterocycles. The molecule has 0 radical (unpaired) electrons. The molecule has 1 aromatic rings. The summed E-state index contributed by atoms with van der Waals surface area (Å²) in [7, 11) is 0. The van der Waals surface area contributed by atoms with Crippen LogP contribution in [-0.2, 0) is 0 Å². The molecule has 0 saturated carbocycles. The first-order chi connectivity index (χ1) is 5.25. The highest BCUT2D eigenvalue weighted by molar-refractivity contribution is 9.10. The van der Waals surface area contributed by atoms with Gasteiger partial charge in [0.1, 0.15) is 0 Å². The number of rotatable bonds is 2. The van der Waals surface area contributed by atoms with Crippen molar-refractivity contribution in [3.05, 3.63) is 27.7 Å². The van der Waals surface area contributed by atoms with Gasteiger partial charge in [0.15, 0.2) is 0 Å². The molecule has 11 heavy (non-hydrogen) atoms. The smallest absolute Gasteiger partial charge is 0.0559 e. The first-order valence-corrected chi connectivity index (χ1v) is 5.48. The SMILES string of the molecule is CCSc1cccc(Cl)c1Br. The van der Waals surface area contributed by atoms with Crippen molar-refractivity contribution in [1.29, 1.82) is 0 Å². The van der Waals surface area contributed by atoms with Gasteiger partial charge >= 0.3 is 0 Å². The van der Waals surface area contributed by atoms with Gasteiger partial charge in [-0.1, -0.05) is 24.6 Å². The molecule has 1 rings (SSSR count). The molecule has 0 aliphatic rings. The third kappa shape index (κ3) is 2.39. The first-order valence-electron chi connectivity index (χ1n) is 3.32. The largest absolute Gasteiger partial charge is 0.125 e. The van der Waals surface area contributed by atoms with Crippen LogP contribution in [0.2, 0.25) is 5.02 Å². The number of hydrogen-bond acceptors (Lipinski definition) is 1. The van der Waals surface area contributed by atoms with Crippen LogP contribution in [0.5, 0.6) is 0 Å². The molecule has 0 N–H and O–H groups in total. The third-order valence-corrected chi connectivity index (χ3v) is 3.82. The van der Waals surface area contributed by atoms with E-state index in [1.54, 1.807) is 11.8 Å². The molecular weight excluding hydrogens is 244 g/mol. The molecule has 3 heteroatoms. The van der Waals surface area contributed by atoms with E-state index in [0.717, 1.165) is 15.2 Å². The summed E-state index contributed by atoms with van der Waals surface area (Å²) in [5.74, 6) is 1.07. The lowest BCUT2D eigenvalue weighted by molar-refractivity contribution is 1.39. The molecule has 1 aromatic carbocycles. The summed E-state index contributed by atoms with van der Waals surface area (Å²) in [6.45, 7) is 2.12. The zero-order chi connectivity index (χ0) is 8.27. The Morgan fingerprint density at radius 3 is 2.91 bits per heavy atom. The summed E-state index contributed by atoms with van der Waals surface area (Å²) < 4.78 is 1.01. The third-order valence-electron chi connectivity index (χ3n) is 1.22. The van der Waals surface area contributed by atoms with Gasteiger partial charge < -0.3 is 0 Å². The summed E-state index contributed by atoms with van der Waals surface area (Å²) >= 11 is 11.1. The van der Waals surface area contributed by atoms with E-state index >= 15 is 0 Å². The van der Waals surface area contributed by atoms with E-state index in [4.69, 9.17) is 11.6 Å². The fraction of sp³-hybridized carbons (Fsp3) is 0.250. The van der Waals surface area contributed by atoms with E-state index in [0.29, 0.717) is 0 Å². The van der Waals surface area contributed by atoms with Crippen molar-refractivity contribution in [1.82, 2.24) is 0 Å². The van der Waals surface area contributed by atoms with Crippen LogP contribution in [0.3, 0.4) is 0 Å². The van der Waals surface area contributed by atoms with Gasteiger partial charge in [0.2, 0.25) is 0 Å². The van der Waals surface area contributed by atoms with Crippen LogP contribution in [0, 0.1) is 0 Å². The lowest BCUT2D eigenvalue weighted by atomic mass is 10.4. The lowest BCUT2D eigenvalue weighted by Gasteiger charge is -2.02. The fourth-order valence-electron chi connectivity index (χ4n) is 0.751. The number of thioether (sulfide) groups is 1. The number of hydrogen-bond donors (Lipinski definition) is 0. The minimum Gasteiger partial charge on any atom is -0.125 e. The molecule has 0 aliphatic heterocycles. The van der Waals surface area contributed by atoms with E-state index in [-0.39, 0.29) is 0 Å². The van der Waals surface area contributed by atoms with Gasteiger partial charge in [-0.2, -0.15) is 0 Å². The molecule has 0 bridgehead atoms. The average Bonchev–Trinajstić information content (AvgIpc) is 1.99. The molecule has 0 fully saturated rings. The van der Waals surface area contributed by atoms with Crippen molar-refractivity contribution in [3.8, 4) is 0 Å². The standard InChI is InChI=1S/C8H8BrClS/c1-2-11-7-5-3-4-6(10)8(7)9/h3-5H,2H2,1H3. The second kappa shape index (κ2) is 4.39. The van der Waals surface area contributed by atoms with E-state index in [1.807, 2.05) is 12.1 Å². The molecular formula is C8H8BrClS. The van der Waals surface area contributed by atoms with E-state index < -0.39 is 0 Å². The topological polar surface area (TPSA) is 0 Å². The van der Waals surface area contributed by atoms with Gasteiger partial charge in [0, 0.05) is 9.37 Å². The molecule has 0 heterocycles. The maximum absolute atomic E-state index is 5.89. The predicted molar refractivity (Wildman–Crippen MR) is 55.6 cm³/mol. The Morgan fingerprint density at radius 1 is 1.55 bits per heavy atom. The van der Waals surface area contributed by atoms with Crippen molar-refractivity contribution in [2.24, 2.45) is 0 Å². The maximum atomic E-state index is 5.89. The van der Waals surface area contributed by atoms with Crippen molar-refractivity contribution in [2.75, 3.05) is 5.75 Å². The van der Waals surface area contributed by atoms with Crippen LogP contribution in [0.1, 0.15) is 6.92 Å². The van der Waals surface area contributed by atoms with Crippen LogP contribution in [0.4, 0.5) is 0 Å². The minimum absolute atomic E-state index is 0.781. The van der Waals surface area contributed by atoms with Gasteiger partial charge in [-0.25, -0.2) is 0 Å². The van der Waals surface area contributed by atoms with Gasteiger partial charge in [-0.3, -0.25) is 0 Å². The second-order valence-electron chi connectivity index (χ2n) is 1.98. The van der Waals surface area contributed by atoms with Gasteiger partial charge in [0.25, 0.3) is 0 Å². The van der Waals surface area contributed by atoms with Gasteiger partial charge in [0.05, 0.1) is 5.02 Å². The number of benzene rings is 1. The van der Waals surface area contributed by atoms with E-state index in [2.05, 4.69) is 28.9 Å². The molecule has 60 valence electrons. The Hall–Kier alpha value is 0.340. The predicted octanol–water partition coefficient (Wildman–Crippen LogP) is 4.21. The highest BCUT2D eigenvalue weighted by atomic mass is 79.9. The molecule has 0 aromatic heterocycles. The Bertz CT molecular complexity index is 250. The van der Waals surface area contributed by atoms with Gasteiger partial charge in [-0.15, -0.1) is 11.8 Å². The Labute approximate surface area is 84.5 Å². The molecule has 0 nitrogen and oxygen atoms in total. The van der Waals surface area contributed by atoms with Crippen molar-refractivity contribution in [3.63, 3.8) is 0 Å². The minimum atomic E-state index is 0.781. The fourth-order valence-corrected chi connectivity index (χ4v) is 2.31. The highest BCUT2D eigenvalue weighted by Gasteiger charge is 2.01. The van der Waals surface area contributed by atoms with E-state index in [9.17, 15) is 0 Å². The second-order valence-corrected chi connectivity index (χ2v) is 4.49.